The first-order chi connectivity index (χ1) is 9.69. The van der Waals surface area contributed by atoms with Gasteiger partial charge < -0.3 is 5.32 Å². The van der Waals surface area contributed by atoms with Gasteiger partial charge in [-0.3, -0.25) is 9.69 Å². The number of carbonyl (C=O) groups is 1. The summed E-state index contributed by atoms with van der Waals surface area (Å²) in [5, 5.41) is 12.1. The highest BCUT2D eigenvalue weighted by Crippen LogP contribution is 2.36. The van der Waals surface area contributed by atoms with Crippen molar-refractivity contribution in [2.75, 3.05) is 16.8 Å². The third-order valence-electron chi connectivity index (χ3n) is 3.13. The molecule has 1 aliphatic heterocycles. The maximum Gasteiger partial charge on any atom is 0.250 e. The minimum atomic E-state index is -0.0464. The van der Waals surface area contributed by atoms with Crippen molar-refractivity contribution in [3.63, 3.8) is 0 Å². The third kappa shape index (κ3) is 2.15. The molecular formula is C15H10BrN3O. The van der Waals surface area contributed by atoms with Gasteiger partial charge in [-0.2, -0.15) is 5.26 Å². The van der Waals surface area contributed by atoms with Gasteiger partial charge in [-0.1, -0.05) is 15.9 Å². The van der Waals surface area contributed by atoms with Crippen LogP contribution in [0.4, 0.5) is 17.1 Å². The molecule has 0 saturated carbocycles. The lowest BCUT2D eigenvalue weighted by molar-refractivity contribution is -0.116. The SMILES string of the molecule is N#Cc1ccc2c(c1)N(c1ccc(Br)cc1)C(=O)CN2. The van der Waals surface area contributed by atoms with Crippen LogP contribution in [0.15, 0.2) is 46.9 Å². The van der Waals surface area contributed by atoms with Crippen molar-refractivity contribution in [1.29, 1.82) is 5.26 Å². The quantitative estimate of drug-likeness (QED) is 0.873. The number of halogens is 1. The number of nitrogens with one attached hydrogen (secondary N) is 1. The first-order valence-corrected chi connectivity index (χ1v) is 6.85. The van der Waals surface area contributed by atoms with E-state index in [2.05, 4.69) is 27.3 Å². The van der Waals surface area contributed by atoms with Gasteiger partial charge in [0.25, 0.3) is 5.91 Å². The molecule has 0 saturated heterocycles. The van der Waals surface area contributed by atoms with Crippen LogP contribution in [0.2, 0.25) is 0 Å². The van der Waals surface area contributed by atoms with Crippen LogP contribution < -0.4 is 10.2 Å². The van der Waals surface area contributed by atoms with E-state index in [-0.39, 0.29) is 12.5 Å². The van der Waals surface area contributed by atoms with E-state index in [9.17, 15) is 4.79 Å². The highest BCUT2D eigenvalue weighted by Gasteiger charge is 2.25. The van der Waals surface area contributed by atoms with Gasteiger partial charge in [0, 0.05) is 10.2 Å². The lowest BCUT2D eigenvalue weighted by atomic mass is 10.1. The smallest absolute Gasteiger partial charge is 0.250 e. The van der Waals surface area contributed by atoms with Gasteiger partial charge in [0.2, 0.25) is 0 Å². The van der Waals surface area contributed by atoms with Crippen LogP contribution in [0.25, 0.3) is 0 Å². The molecule has 5 heteroatoms. The molecule has 1 amide bonds. The van der Waals surface area contributed by atoms with Crippen LogP contribution in [0.5, 0.6) is 0 Å². The lowest BCUT2D eigenvalue weighted by Gasteiger charge is -2.30. The largest absolute Gasteiger partial charge is 0.374 e. The Labute approximate surface area is 124 Å². The number of anilines is 3. The molecule has 1 aliphatic rings. The van der Waals surface area contributed by atoms with Crippen molar-refractivity contribution < 1.29 is 4.79 Å². The Balaban J connectivity index is 2.14. The Morgan fingerprint density at radius 3 is 2.65 bits per heavy atom. The number of rotatable bonds is 1. The average molecular weight is 328 g/mol. The van der Waals surface area contributed by atoms with E-state index >= 15 is 0 Å². The summed E-state index contributed by atoms with van der Waals surface area (Å²) in [5.74, 6) is -0.0464. The highest BCUT2D eigenvalue weighted by molar-refractivity contribution is 9.10. The molecule has 1 heterocycles. The second-order valence-corrected chi connectivity index (χ2v) is 5.32. The Kier molecular flexibility index (Phi) is 3.17. The zero-order valence-electron chi connectivity index (χ0n) is 10.4. The number of carbonyl (C=O) groups excluding carboxylic acids is 1. The topological polar surface area (TPSA) is 56.1 Å². The van der Waals surface area contributed by atoms with Crippen molar-refractivity contribution in [2.24, 2.45) is 0 Å². The fraction of sp³-hybridized carbons (Fsp3) is 0.0667. The summed E-state index contributed by atoms with van der Waals surface area (Å²) in [7, 11) is 0. The average Bonchev–Trinajstić information content (AvgIpc) is 2.48. The van der Waals surface area contributed by atoms with Gasteiger partial charge in [0.1, 0.15) is 0 Å². The van der Waals surface area contributed by atoms with Crippen LogP contribution in [0, 0.1) is 11.3 Å². The Bertz CT molecular complexity index is 719. The maximum absolute atomic E-state index is 12.2. The molecule has 2 aromatic carbocycles. The first kappa shape index (κ1) is 12.7. The normalized spacial score (nSPS) is 13.4. The molecule has 0 spiro atoms. The predicted octanol–water partition coefficient (Wildman–Crippen LogP) is 3.41. The number of nitrogens with zero attached hydrogens (tertiary/aromatic N) is 2. The van der Waals surface area contributed by atoms with E-state index in [0.29, 0.717) is 11.3 Å². The fourth-order valence-electron chi connectivity index (χ4n) is 2.19. The maximum atomic E-state index is 12.2. The van der Waals surface area contributed by atoms with Crippen molar-refractivity contribution in [3.8, 4) is 6.07 Å². The molecule has 4 nitrogen and oxygen atoms in total. The van der Waals surface area contributed by atoms with Crippen LogP contribution >= 0.6 is 15.9 Å². The summed E-state index contributed by atoms with van der Waals surface area (Å²) in [6.07, 6.45) is 0. The molecule has 0 unspecified atom stereocenters. The summed E-state index contributed by atoms with van der Waals surface area (Å²) in [5.41, 5.74) is 2.88. The van der Waals surface area contributed by atoms with Gasteiger partial charge in [0.15, 0.2) is 0 Å². The van der Waals surface area contributed by atoms with Crippen molar-refractivity contribution in [1.82, 2.24) is 0 Å². The second kappa shape index (κ2) is 4.99. The minimum absolute atomic E-state index is 0.0464. The molecule has 0 bridgehead atoms. The predicted molar refractivity (Wildman–Crippen MR) is 80.9 cm³/mol. The van der Waals surface area contributed by atoms with Gasteiger partial charge >= 0.3 is 0 Å². The van der Waals surface area contributed by atoms with Gasteiger partial charge in [-0.05, 0) is 42.5 Å². The van der Waals surface area contributed by atoms with Gasteiger partial charge in [0.05, 0.1) is 29.6 Å². The van der Waals surface area contributed by atoms with Crippen molar-refractivity contribution >= 4 is 38.9 Å². The fourth-order valence-corrected chi connectivity index (χ4v) is 2.46. The van der Waals surface area contributed by atoms with Gasteiger partial charge in [-0.15, -0.1) is 0 Å². The standard InChI is InChI=1S/C15H10BrN3O/c16-11-2-4-12(5-3-11)19-14-7-10(8-17)1-6-13(14)18-9-15(19)20/h1-7,18H,9H2. The molecular weight excluding hydrogens is 318 g/mol. The number of amides is 1. The molecule has 3 rings (SSSR count). The first-order valence-electron chi connectivity index (χ1n) is 6.05. The van der Waals surface area contributed by atoms with E-state index in [1.807, 2.05) is 30.3 Å². The molecule has 0 atom stereocenters. The molecule has 1 N–H and O–H groups in total. The zero-order valence-corrected chi connectivity index (χ0v) is 12.0. The summed E-state index contributed by atoms with van der Waals surface area (Å²) < 4.78 is 0.954. The molecule has 0 fully saturated rings. The van der Waals surface area contributed by atoms with Crippen LogP contribution in [0.3, 0.4) is 0 Å². The Hall–Kier alpha value is -2.32. The number of benzene rings is 2. The molecule has 2 aromatic rings. The van der Waals surface area contributed by atoms with E-state index in [0.717, 1.165) is 15.8 Å². The lowest BCUT2D eigenvalue weighted by Crippen LogP contribution is -2.36. The zero-order chi connectivity index (χ0) is 14.1. The summed E-state index contributed by atoms with van der Waals surface area (Å²) in [4.78, 5) is 13.8. The summed E-state index contributed by atoms with van der Waals surface area (Å²) >= 11 is 3.38. The van der Waals surface area contributed by atoms with Gasteiger partial charge in [-0.25, -0.2) is 0 Å². The van der Waals surface area contributed by atoms with Crippen LogP contribution in [0.1, 0.15) is 5.56 Å². The summed E-state index contributed by atoms with van der Waals surface area (Å²) in [6, 6.07) is 14.9. The number of fused-ring (bicyclic) bond motifs is 1. The Morgan fingerprint density at radius 2 is 1.95 bits per heavy atom. The van der Waals surface area contributed by atoms with Crippen LogP contribution in [-0.2, 0) is 4.79 Å². The molecule has 0 aromatic heterocycles. The molecule has 98 valence electrons. The summed E-state index contributed by atoms with van der Waals surface area (Å²) in [6.45, 7) is 0.245. The molecule has 20 heavy (non-hydrogen) atoms. The monoisotopic (exact) mass is 327 g/mol. The van der Waals surface area contributed by atoms with E-state index < -0.39 is 0 Å². The van der Waals surface area contributed by atoms with E-state index in [1.54, 1.807) is 17.0 Å². The van der Waals surface area contributed by atoms with Crippen molar-refractivity contribution in [3.05, 3.63) is 52.5 Å². The number of nitriles is 1. The third-order valence-corrected chi connectivity index (χ3v) is 3.66. The van der Waals surface area contributed by atoms with Crippen LogP contribution in [-0.4, -0.2) is 12.5 Å². The molecule has 0 aliphatic carbocycles. The minimum Gasteiger partial charge on any atom is -0.374 e. The second-order valence-electron chi connectivity index (χ2n) is 4.40. The number of hydrogen-bond acceptors (Lipinski definition) is 3. The molecule has 0 radical (unpaired) electrons. The Morgan fingerprint density at radius 1 is 1.20 bits per heavy atom. The van der Waals surface area contributed by atoms with Crippen molar-refractivity contribution in [2.45, 2.75) is 0 Å². The van der Waals surface area contributed by atoms with E-state index in [1.165, 1.54) is 0 Å². The van der Waals surface area contributed by atoms with E-state index in [4.69, 9.17) is 5.26 Å². The number of hydrogen-bond donors (Lipinski definition) is 1. The highest BCUT2D eigenvalue weighted by atomic mass is 79.9.